The molecular weight excluding hydrogens is 292 g/mol. The van der Waals surface area contributed by atoms with Crippen LogP contribution in [0.2, 0.25) is 0 Å². The van der Waals surface area contributed by atoms with Crippen molar-refractivity contribution in [3.05, 3.63) is 70.8 Å². The van der Waals surface area contributed by atoms with Crippen LogP contribution in [0.3, 0.4) is 0 Å². The number of aryl methyl sites for hydroxylation is 1. The lowest BCUT2D eigenvalue weighted by atomic mass is 10.0. The average molecular weight is 312 g/mol. The topological polar surface area (TPSA) is 52.6 Å². The molecule has 0 bridgehead atoms. The van der Waals surface area contributed by atoms with Crippen LogP contribution >= 0.6 is 0 Å². The van der Waals surface area contributed by atoms with E-state index in [-0.39, 0.29) is 11.3 Å². The molecule has 23 heavy (non-hydrogen) atoms. The lowest BCUT2D eigenvalue weighted by Crippen LogP contribution is -2.22. The van der Waals surface area contributed by atoms with E-state index in [1.54, 1.807) is 51.1 Å². The molecule has 0 amide bonds. The van der Waals surface area contributed by atoms with E-state index in [0.29, 0.717) is 11.1 Å². The van der Waals surface area contributed by atoms with Crippen molar-refractivity contribution in [1.82, 2.24) is 0 Å². The normalized spacial score (nSPS) is 11.1. The molecule has 2 aromatic carbocycles. The Morgan fingerprint density at radius 2 is 1.48 bits per heavy atom. The standard InChI is InChI=1S/C19H20O4/c1-13-8-10-14(11-9-13)17(20)15-6-5-7-16(12-15)18(21)22-23-19(2,3)4/h5-12H,1-4H3. The summed E-state index contributed by atoms with van der Waals surface area (Å²) in [6, 6.07) is 13.7. The maximum atomic E-state index is 12.5. The molecule has 0 saturated heterocycles. The van der Waals surface area contributed by atoms with E-state index in [1.165, 1.54) is 6.07 Å². The molecule has 0 fully saturated rings. The van der Waals surface area contributed by atoms with E-state index >= 15 is 0 Å². The van der Waals surface area contributed by atoms with Gasteiger partial charge in [-0.3, -0.25) is 9.68 Å². The summed E-state index contributed by atoms with van der Waals surface area (Å²) in [5.74, 6) is -0.769. The number of rotatable bonds is 4. The summed E-state index contributed by atoms with van der Waals surface area (Å²) in [6.45, 7) is 7.28. The van der Waals surface area contributed by atoms with Crippen molar-refractivity contribution in [3.8, 4) is 0 Å². The lowest BCUT2D eigenvalue weighted by molar-refractivity contribution is -0.301. The van der Waals surface area contributed by atoms with Crippen molar-refractivity contribution in [3.63, 3.8) is 0 Å². The Morgan fingerprint density at radius 1 is 0.870 bits per heavy atom. The molecule has 0 spiro atoms. The molecule has 0 atom stereocenters. The maximum Gasteiger partial charge on any atom is 0.373 e. The van der Waals surface area contributed by atoms with E-state index in [9.17, 15) is 9.59 Å². The molecule has 0 aliphatic rings. The third kappa shape index (κ3) is 4.76. The van der Waals surface area contributed by atoms with Gasteiger partial charge in [-0.15, -0.1) is 0 Å². The average Bonchev–Trinajstić information content (AvgIpc) is 2.52. The summed E-state index contributed by atoms with van der Waals surface area (Å²) >= 11 is 0. The Hall–Kier alpha value is -2.46. The summed E-state index contributed by atoms with van der Waals surface area (Å²) < 4.78 is 0. The minimum atomic E-state index is -0.626. The summed E-state index contributed by atoms with van der Waals surface area (Å²) in [7, 11) is 0. The molecule has 2 aromatic rings. The number of carbonyl (C=O) groups excluding carboxylic acids is 2. The summed E-state index contributed by atoms with van der Waals surface area (Å²) in [4.78, 5) is 34.3. The van der Waals surface area contributed by atoms with Gasteiger partial charge in [0.25, 0.3) is 0 Å². The molecule has 0 aliphatic carbocycles. The van der Waals surface area contributed by atoms with Gasteiger partial charge >= 0.3 is 5.97 Å². The van der Waals surface area contributed by atoms with Crippen molar-refractivity contribution < 1.29 is 19.4 Å². The molecule has 4 heteroatoms. The SMILES string of the molecule is Cc1ccc(C(=O)c2cccc(C(=O)OOC(C)(C)C)c2)cc1. The first kappa shape index (κ1) is 16.9. The number of hydrogen-bond acceptors (Lipinski definition) is 4. The van der Waals surface area contributed by atoms with Gasteiger partial charge in [-0.25, -0.2) is 4.79 Å². The molecule has 0 unspecified atom stereocenters. The van der Waals surface area contributed by atoms with E-state index in [1.807, 2.05) is 19.1 Å². The van der Waals surface area contributed by atoms with Crippen LogP contribution in [0.5, 0.6) is 0 Å². The molecule has 0 saturated carbocycles. The van der Waals surface area contributed by atoms with Crippen molar-refractivity contribution in [2.75, 3.05) is 0 Å². The summed E-state index contributed by atoms with van der Waals surface area (Å²) in [5.41, 5.74) is 1.77. The Balaban J connectivity index is 2.17. The van der Waals surface area contributed by atoms with Gasteiger partial charge in [-0.1, -0.05) is 42.0 Å². The quantitative estimate of drug-likeness (QED) is 0.484. The van der Waals surface area contributed by atoms with Gasteiger partial charge in [-0.05, 0) is 39.8 Å². The second-order valence-electron chi connectivity index (χ2n) is 6.34. The highest BCUT2D eigenvalue weighted by molar-refractivity contribution is 6.09. The van der Waals surface area contributed by atoms with Gasteiger partial charge in [0.2, 0.25) is 0 Å². The Kier molecular flexibility index (Phi) is 4.96. The molecule has 0 aromatic heterocycles. The van der Waals surface area contributed by atoms with E-state index in [2.05, 4.69) is 0 Å². The van der Waals surface area contributed by atoms with Crippen LogP contribution in [-0.2, 0) is 9.78 Å². The largest absolute Gasteiger partial charge is 0.373 e. The van der Waals surface area contributed by atoms with Gasteiger partial charge in [0.15, 0.2) is 5.78 Å². The maximum absolute atomic E-state index is 12.5. The second-order valence-corrected chi connectivity index (χ2v) is 6.34. The number of benzene rings is 2. The van der Waals surface area contributed by atoms with Crippen molar-refractivity contribution >= 4 is 11.8 Å². The lowest BCUT2D eigenvalue weighted by Gasteiger charge is -2.16. The summed E-state index contributed by atoms with van der Waals surface area (Å²) in [6.07, 6.45) is 0. The van der Waals surface area contributed by atoms with E-state index in [4.69, 9.17) is 9.78 Å². The molecule has 4 nitrogen and oxygen atoms in total. The van der Waals surface area contributed by atoms with Gasteiger partial charge in [0, 0.05) is 11.1 Å². The number of carbonyl (C=O) groups is 2. The minimum Gasteiger partial charge on any atom is -0.292 e. The Morgan fingerprint density at radius 3 is 2.09 bits per heavy atom. The van der Waals surface area contributed by atoms with Crippen LogP contribution in [0.4, 0.5) is 0 Å². The zero-order valence-electron chi connectivity index (χ0n) is 13.8. The van der Waals surface area contributed by atoms with Gasteiger partial charge < -0.3 is 0 Å². The fourth-order valence-corrected chi connectivity index (χ4v) is 1.87. The molecule has 0 aliphatic heterocycles. The molecule has 0 radical (unpaired) electrons. The van der Waals surface area contributed by atoms with Crippen LogP contribution < -0.4 is 0 Å². The van der Waals surface area contributed by atoms with E-state index in [0.717, 1.165) is 5.56 Å². The highest BCUT2D eigenvalue weighted by Crippen LogP contribution is 2.15. The van der Waals surface area contributed by atoms with Crippen LogP contribution in [-0.4, -0.2) is 17.4 Å². The molecular formula is C19H20O4. The molecule has 0 heterocycles. The van der Waals surface area contributed by atoms with Crippen molar-refractivity contribution in [1.29, 1.82) is 0 Å². The summed E-state index contributed by atoms with van der Waals surface area (Å²) in [5, 5.41) is 0. The van der Waals surface area contributed by atoms with Crippen LogP contribution in [0.1, 0.15) is 52.6 Å². The molecule has 120 valence electrons. The predicted molar refractivity (Wildman–Crippen MR) is 87.3 cm³/mol. The monoisotopic (exact) mass is 312 g/mol. The predicted octanol–water partition coefficient (Wildman–Crippen LogP) is 4.11. The van der Waals surface area contributed by atoms with Gasteiger partial charge in [-0.2, -0.15) is 4.89 Å². The van der Waals surface area contributed by atoms with Gasteiger partial charge in [0.1, 0.15) is 5.60 Å². The smallest absolute Gasteiger partial charge is 0.292 e. The third-order valence-electron chi connectivity index (χ3n) is 3.04. The zero-order valence-corrected chi connectivity index (χ0v) is 13.8. The van der Waals surface area contributed by atoms with Gasteiger partial charge in [0.05, 0.1) is 5.56 Å². The van der Waals surface area contributed by atoms with Crippen molar-refractivity contribution in [2.45, 2.75) is 33.3 Å². The van der Waals surface area contributed by atoms with Crippen molar-refractivity contribution in [2.24, 2.45) is 0 Å². The van der Waals surface area contributed by atoms with E-state index < -0.39 is 11.6 Å². The molecule has 0 N–H and O–H groups in total. The fourth-order valence-electron chi connectivity index (χ4n) is 1.87. The first-order valence-corrected chi connectivity index (χ1v) is 7.38. The minimum absolute atomic E-state index is 0.142. The Bertz CT molecular complexity index is 709. The fraction of sp³-hybridized carbons (Fsp3) is 0.263. The highest BCUT2D eigenvalue weighted by Gasteiger charge is 2.18. The Labute approximate surface area is 136 Å². The van der Waals surface area contributed by atoms with Crippen LogP contribution in [0.15, 0.2) is 48.5 Å². The van der Waals surface area contributed by atoms with Crippen LogP contribution in [0, 0.1) is 6.92 Å². The molecule has 2 rings (SSSR count). The second kappa shape index (κ2) is 6.75. The third-order valence-corrected chi connectivity index (χ3v) is 3.04. The number of hydrogen-bond donors (Lipinski definition) is 0. The first-order valence-electron chi connectivity index (χ1n) is 7.38. The highest BCUT2D eigenvalue weighted by atomic mass is 17.2. The number of ketones is 1. The van der Waals surface area contributed by atoms with Crippen LogP contribution in [0.25, 0.3) is 0 Å². The first-order chi connectivity index (χ1) is 10.8. The zero-order chi connectivity index (χ0) is 17.0.